The number of aromatic nitrogens is 2. The van der Waals surface area contributed by atoms with Crippen molar-refractivity contribution in [3.8, 4) is 17.2 Å². The molecule has 1 atom stereocenters. The van der Waals surface area contributed by atoms with Gasteiger partial charge >= 0.3 is 0 Å². The summed E-state index contributed by atoms with van der Waals surface area (Å²) >= 11 is 0. The zero-order chi connectivity index (χ0) is 14.8. The second-order valence-electron chi connectivity index (χ2n) is 4.88. The van der Waals surface area contributed by atoms with Crippen LogP contribution in [0.15, 0.2) is 24.4 Å². The number of hydrogen-bond acceptors (Lipinski definition) is 5. The zero-order valence-electron chi connectivity index (χ0n) is 12.1. The Labute approximate surface area is 122 Å². The molecule has 1 aliphatic heterocycles. The van der Waals surface area contributed by atoms with Crippen molar-refractivity contribution in [1.82, 2.24) is 9.78 Å². The summed E-state index contributed by atoms with van der Waals surface area (Å²) in [6, 6.07) is 5.45. The van der Waals surface area contributed by atoms with Gasteiger partial charge in [0.25, 0.3) is 0 Å². The lowest BCUT2D eigenvalue weighted by molar-refractivity contribution is 0.203. The van der Waals surface area contributed by atoms with Crippen molar-refractivity contribution in [3.05, 3.63) is 35.7 Å². The second kappa shape index (κ2) is 5.65. The van der Waals surface area contributed by atoms with Crippen LogP contribution in [0.5, 0.6) is 17.2 Å². The third kappa shape index (κ3) is 2.54. The highest BCUT2D eigenvalue weighted by molar-refractivity contribution is 5.46. The van der Waals surface area contributed by atoms with Crippen LogP contribution in [0.4, 0.5) is 0 Å². The number of hydrogen-bond donors (Lipinski definition) is 1. The van der Waals surface area contributed by atoms with Crippen LogP contribution in [-0.4, -0.2) is 35.2 Å². The molecule has 0 saturated heterocycles. The lowest BCUT2D eigenvalue weighted by Crippen LogP contribution is -2.08. The Balaban J connectivity index is 1.96. The molecule has 2 aromatic rings. The van der Waals surface area contributed by atoms with E-state index in [0.717, 1.165) is 6.42 Å². The van der Waals surface area contributed by atoms with E-state index in [4.69, 9.17) is 14.2 Å². The summed E-state index contributed by atoms with van der Waals surface area (Å²) in [7, 11) is 3.32. The number of rotatable bonds is 3. The van der Waals surface area contributed by atoms with Gasteiger partial charge < -0.3 is 19.3 Å². The van der Waals surface area contributed by atoms with Gasteiger partial charge in [0.1, 0.15) is 11.8 Å². The Hall–Kier alpha value is -2.21. The monoisotopic (exact) mass is 290 g/mol. The van der Waals surface area contributed by atoms with Crippen LogP contribution in [0, 0.1) is 0 Å². The van der Waals surface area contributed by atoms with E-state index in [1.54, 1.807) is 31.1 Å². The minimum atomic E-state index is -0.843. The summed E-state index contributed by atoms with van der Waals surface area (Å²) in [6.45, 7) is 1.26. The number of aliphatic hydroxyl groups is 1. The van der Waals surface area contributed by atoms with Gasteiger partial charge in [-0.25, -0.2) is 0 Å². The van der Waals surface area contributed by atoms with Crippen LogP contribution < -0.4 is 14.2 Å². The van der Waals surface area contributed by atoms with Crippen molar-refractivity contribution in [1.29, 1.82) is 0 Å². The fourth-order valence-electron chi connectivity index (χ4n) is 2.40. The molecule has 0 amide bonds. The number of aryl methyl sites for hydroxylation is 1. The van der Waals surface area contributed by atoms with Crippen molar-refractivity contribution in [2.75, 3.05) is 20.3 Å². The molecule has 0 spiro atoms. The Morgan fingerprint density at radius 1 is 1.29 bits per heavy atom. The van der Waals surface area contributed by atoms with Gasteiger partial charge in [0.15, 0.2) is 17.2 Å². The largest absolute Gasteiger partial charge is 0.493 e. The number of fused-ring (bicyclic) bond motifs is 1. The summed E-state index contributed by atoms with van der Waals surface area (Å²) in [5.74, 6) is 1.92. The van der Waals surface area contributed by atoms with Crippen LogP contribution in [0.3, 0.4) is 0 Å². The molecule has 1 aromatic heterocycles. The fourth-order valence-corrected chi connectivity index (χ4v) is 2.40. The van der Waals surface area contributed by atoms with Crippen molar-refractivity contribution in [2.45, 2.75) is 12.5 Å². The molecule has 3 rings (SSSR count). The summed E-state index contributed by atoms with van der Waals surface area (Å²) in [5.41, 5.74) is 1.31. The Morgan fingerprint density at radius 3 is 2.81 bits per heavy atom. The molecule has 2 heterocycles. The number of aliphatic hydroxyl groups excluding tert-OH is 1. The lowest BCUT2D eigenvalue weighted by Gasteiger charge is -2.15. The predicted octanol–water partition coefficient (Wildman–Crippen LogP) is 1.67. The number of nitrogens with zero attached hydrogens (tertiary/aromatic N) is 2. The van der Waals surface area contributed by atoms with Gasteiger partial charge in [-0.1, -0.05) is 6.07 Å². The molecule has 0 radical (unpaired) electrons. The molecule has 1 N–H and O–H groups in total. The van der Waals surface area contributed by atoms with E-state index in [1.807, 2.05) is 12.1 Å². The van der Waals surface area contributed by atoms with Crippen LogP contribution >= 0.6 is 0 Å². The van der Waals surface area contributed by atoms with E-state index >= 15 is 0 Å². The van der Waals surface area contributed by atoms with Gasteiger partial charge in [-0.15, -0.1) is 0 Å². The maximum atomic E-state index is 10.6. The Kier molecular flexibility index (Phi) is 3.70. The number of methoxy groups -OCH3 is 1. The maximum absolute atomic E-state index is 10.6. The number of ether oxygens (including phenoxy) is 3. The molecule has 6 heteroatoms. The van der Waals surface area contributed by atoms with E-state index in [-0.39, 0.29) is 0 Å². The van der Waals surface area contributed by atoms with Gasteiger partial charge in [0, 0.05) is 13.5 Å². The first-order valence-corrected chi connectivity index (χ1v) is 6.84. The molecule has 21 heavy (non-hydrogen) atoms. The van der Waals surface area contributed by atoms with Crippen LogP contribution in [0.1, 0.15) is 23.8 Å². The van der Waals surface area contributed by atoms with E-state index in [9.17, 15) is 5.11 Å². The SMILES string of the molecule is COc1cnn(C)c1C(O)c1ccc2c(c1)OCCCO2. The summed E-state index contributed by atoms with van der Waals surface area (Å²) in [6.07, 6.45) is 1.59. The van der Waals surface area contributed by atoms with Crippen LogP contribution in [-0.2, 0) is 7.05 Å². The van der Waals surface area contributed by atoms with E-state index in [0.29, 0.717) is 41.7 Å². The Morgan fingerprint density at radius 2 is 2.05 bits per heavy atom. The average molecular weight is 290 g/mol. The zero-order valence-corrected chi connectivity index (χ0v) is 12.1. The summed E-state index contributed by atoms with van der Waals surface area (Å²) in [4.78, 5) is 0. The first-order chi connectivity index (χ1) is 10.2. The predicted molar refractivity (Wildman–Crippen MR) is 75.9 cm³/mol. The van der Waals surface area contributed by atoms with Gasteiger partial charge in [0.05, 0.1) is 26.5 Å². The molecule has 0 saturated carbocycles. The molecule has 1 aliphatic rings. The Bertz CT molecular complexity index is 639. The van der Waals surface area contributed by atoms with E-state index in [2.05, 4.69) is 5.10 Å². The molecule has 112 valence electrons. The van der Waals surface area contributed by atoms with Gasteiger partial charge in [0.2, 0.25) is 0 Å². The molecule has 6 nitrogen and oxygen atoms in total. The quantitative estimate of drug-likeness (QED) is 0.931. The molecular weight excluding hydrogens is 272 g/mol. The molecule has 1 unspecified atom stereocenters. The van der Waals surface area contributed by atoms with Crippen LogP contribution in [0.25, 0.3) is 0 Å². The minimum Gasteiger partial charge on any atom is -0.493 e. The second-order valence-corrected chi connectivity index (χ2v) is 4.88. The first kappa shape index (κ1) is 13.8. The van der Waals surface area contributed by atoms with Crippen LogP contribution in [0.2, 0.25) is 0 Å². The highest BCUT2D eigenvalue weighted by Crippen LogP contribution is 2.35. The average Bonchev–Trinajstić information content (AvgIpc) is 2.72. The highest BCUT2D eigenvalue weighted by Gasteiger charge is 2.22. The first-order valence-electron chi connectivity index (χ1n) is 6.84. The third-order valence-corrected chi connectivity index (χ3v) is 3.52. The van der Waals surface area contributed by atoms with Gasteiger partial charge in [-0.05, 0) is 17.7 Å². The topological polar surface area (TPSA) is 65.7 Å². The molecule has 0 bridgehead atoms. The summed E-state index contributed by atoms with van der Waals surface area (Å²) in [5, 5.41) is 14.7. The third-order valence-electron chi connectivity index (χ3n) is 3.52. The summed E-state index contributed by atoms with van der Waals surface area (Å²) < 4.78 is 18.1. The highest BCUT2D eigenvalue weighted by atomic mass is 16.5. The van der Waals surface area contributed by atoms with E-state index in [1.165, 1.54) is 0 Å². The van der Waals surface area contributed by atoms with Crippen molar-refractivity contribution >= 4 is 0 Å². The smallest absolute Gasteiger partial charge is 0.162 e. The molecule has 0 aliphatic carbocycles. The lowest BCUT2D eigenvalue weighted by atomic mass is 10.1. The van der Waals surface area contributed by atoms with Crippen molar-refractivity contribution < 1.29 is 19.3 Å². The van der Waals surface area contributed by atoms with E-state index < -0.39 is 6.10 Å². The number of benzene rings is 1. The van der Waals surface area contributed by atoms with Gasteiger partial charge in [-0.3, -0.25) is 4.68 Å². The maximum Gasteiger partial charge on any atom is 0.162 e. The van der Waals surface area contributed by atoms with Gasteiger partial charge in [-0.2, -0.15) is 5.10 Å². The van der Waals surface area contributed by atoms with Crippen molar-refractivity contribution in [3.63, 3.8) is 0 Å². The molecule has 1 aromatic carbocycles. The standard InChI is InChI=1S/C15H18N2O4/c1-17-14(13(19-2)9-16-17)15(18)10-4-5-11-12(8-10)21-7-3-6-20-11/h4-5,8-9,15,18H,3,6-7H2,1-2H3. The molecular formula is C15H18N2O4. The normalized spacial score (nSPS) is 15.4. The minimum absolute atomic E-state index is 0.553. The fraction of sp³-hybridized carbons (Fsp3) is 0.400. The van der Waals surface area contributed by atoms with Crippen molar-refractivity contribution in [2.24, 2.45) is 7.05 Å². The molecule has 0 fully saturated rings.